The summed E-state index contributed by atoms with van der Waals surface area (Å²) in [6.45, 7) is 12.6. The predicted molar refractivity (Wildman–Crippen MR) is 225 cm³/mol. The minimum Gasteiger partial charge on any atom is -0.481 e. The lowest BCUT2D eigenvalue weighted by molar-refractivity contribution is -0.146. The van der Waals surface area contributed by atoms with Gasteiger partial charge in [0.2, 0.25) is 0 Å². The number of carboxylic acid groups (broad SMARTS) is 1. The second-order valence-electron chi connectivity index (χ2n) is 14.2. The number of carbonyl (C=O) groups excluding carboxylic acids is 1. The van der Waals surface area contributed by atoms with E-state index in [1.54, 1.807) is 0 Å². The third-order valence-electron chi connectivity index (χ3n) is 9.00. The Bertz CT molecular complexity index is 806. The number of hydrogen-bond donors (Lipinski definition) is 1. The Kier molecular flexibility index (Phi) is 50.4. The van der Waals surface area contributed by atoms with Crippen LogP contribution in [0.4, 0.5) is 0 Å². The predicted octanol–water partition coefficient (Wildman–Crippen LogP) is 7.60. The van der Waals surface area contributed by atoms with Gasteiger partial charge in [0.15, 0.2) is 0 Å². The molecule has 0 atom stereocenters. The zero-order valence-electron chi connectivity index (χ0n) is 36.7. The van der Waals surface area contributed by atoms with E-state index in [2.05, 4.69) is 6.92 Å². The lowest BCUT2D eigenvalue weighted by Crippen LogP contribution is -2.15. The van der Waals surface area contributed by atoms with Gasteiger partial charge in [0, 0.05) is 19.4 Å². The summed E-state index contributed by atoms with van der Waals surface area (Å²) in [5.41, 5.74) is 0. The summed E-state index contributed by atoms with van der Waals surface area (Å²) in [6, 6.07) is 0. The lowest BCUT2D eigenvalue weighted by atomic mass is 10.0. The summed E-state index contributed by atoms with van der Waals surface area (Å²) in [7, 11) is 0. The Labute approximate surface area is 352 Å². The van der Waals surface area contributed by atoms with Crippen LogP contribution < -0.4 is 0 Å². The highest BCUT2D eigenvalue weighted by molar-refractivity contribution is 5.69. The van der Waals surface area contributed by atoms with Crippen molar-refractivity contribution in [2.75, 3.05) is 139 Å². The van der Waals surface area contributed by atoms with Gasteiger partial charge in [-0.25, -0.2) is 0 Å². The molecule has 0 rings (SSSR count). The summed E-state index contributed by atoms with van der Waals surface area (Å²) < 4.78 is 60.1. The Morgan fingerprint density at radius 2 is 0.534 bits per heavy atom. The fraction of sp³-hybridized carbons (Fsp3) is 0.955. The van der Waals surface area contributed by atoms with Gasteiger partial charge in [0.25, 0.3) is 0 Å². The van der Waals surface area contributed by atoms with Crippen molar-refractivity contribution >= 4 is 11.9 Å². The van der Waals surface area contributed by atoms with Crippen molar-refractivity contribution in [1.29, 1.82) is 0 Å². The van der Waals surface area contributed by atoms with Crippen LogP contribution in [0.2, 0.25) is 0 Å². The van der Waals surface area contributed by atoms with Crippen LogP contribution in [0.1, 0.15) is 135 Å². The topological polar surface area (TPSA) is 156 Å². The van der Waals surface area contributed by atoms with Crippen LogP contribution in [-0.2, 0) is 61.7 Å². The zero-order valence-corrected chi connectivity index (χ0v) is 36.7. The Morgan fingerprint density at radius 1 is 0.293 bits per heavy atom. The molecule has 0 aliphatic heterocycles. The van der Waals surface area contributed by atoms with E-state index in [-0.39, 0.29) is 32.0 Å². The molecule has 0 spiro atoms. The lowest BCUT2D eigenvalue weighted by Gasteiger charge is -2.09. The first-order valence-corrected chi connectivity index (χ1v) is 22.8. The van der Waals surface area contributed by atoms with Crippen molar-refractivity contribution in [3.63, 3.8) is 0 Å². The van der Waals surface area contributed by atoms with Gasteiger partial charge < -0.3 is 57.2 Å². The monoisotopic (exact) mass is 839 g/mol. The molecule has 0 aliphatic carbocycles. The Morgan fingerprint density at radius 3 is 0.828 bits per heavy atom. The molecule has 0 aromatic carbocycles. The molecule has 0 bridgehead atoms. The molecule has 0 unspecified atom stereocenters. The molecule has 58 heavy (non-hydrogen) atoms. The fourth-order valence-corrected chi connectivity index (χ4v) is 5.67. The molecule has 0 radical (unpaired) electrons. The number of aliphatic carboxylic acids is 1. The molecule has 1 N–H and O–H groups in total. The van der Waals surface area contributed by atoms with Gasteiger partial charge in [0.1, 0.15) is 6.61 Å². The molecule has 0 amide bonds. The van der Waals surface area contributed by atoms with Crippen molar-refractivity contribution in [3.05, 3.63) is 0 Å². The fourth-order valence-electron chi connectivity index (χ4n) is 5.67. The SMILES string of the molecule is CCCCCCCCCCCCCCCCCCOCCOCCOCCOCCOCCOCCOCCOCCOCCOCCOC(=O)CCCCC(=O)O. The van der Waals surface area contributed by atoms with E-state index in [0.29, 0.717) is 132 Å². The summed E-state index contributed by atoms with van der Waals surface area (Å²) >= 11 is 0. The normalized spacial score (nSPS) is 11.5. The molecular formula is C44H86O14. The average Bonchev–Trinajstić information content (AvgIpc) is 3.22. The third kappa shape index (κ3) is 52.6. The van der Waals surface area contributed by atoms with Crippen LogP contribution in [0, 0.1) is 0 Å². The van der Waals surface area contributed by atoms with Crippen molar-refractivity contribution < 1.29 is 66.8 Å². The van der Waals surface area contributed by atoms with E-state index >= 15 is 0 Å². The largest absolute Gasteiger partial charge is 0.481 e. The smallest absolute Gasteiger partial charge is 0.305 e. The summed E-state index contributed by atoms with van der Waals surface area (Å²) in [4.78, 5) is 21.9. The maximum atomic E-state index is 11.5. The molecule has 0 heterocycles. The zero-order chi connectivity index (χ0) is 41.9. The summed E-state index contributed by atoms with van der Waals surface area (Å²) in [5, 5.41) is 8.57. The molecule has 0 saturated carbocycles. The molecular weight excluding hydrogens is 752 g/mol. The maximum absolute atomic E-state index is 11.5. The van der Waals surface area contributed by atoms with Crippen LogP contribution >= 0.6 is 0 Å². The quantitative estimate of drug-likeness (QED) is 0.0472. The highest BCUT2D eigenvalue weighted by Gasteiger charge is 2.04. The van der Waals surface area contributed by atoms with Gasteiger partial charge in [-0.15, -0.1) is 0 Å². The third-order valence-corrected chi connectivity index (χ3v) is 9.00. The summed E-state index contributed by atoms with van der Waals surface area (Å²) in [5.74, 6) is -1.20. The number of rotatable bonds is 52. The van der Waals surface area contributed by atoms with Crippen molar-refractivity contribution in [3.8, 4) is 0 Å². The van der Waals surface area contributed by atoms with E-state index in [4.69, 9.17) is 57.2 Å². The maximum Gasteiger partial charge on any atom is 0.305 e. The summed E-state index contributed by atoms with van der Waals surface area (Å²) in [6.07, 6.45) is 23.3. The number of unbranched alkanes of at least 4 members (excludes halogenated alkanes) is 16. The van der Waals surface area contributed by atoms with Crippen molar-refractivity contribution in [2.45, 2.75) is 135 Å². The van der Waals surface area contributed by atoms with E-state index in [1.807, 2.05) is 0 Å². The number of ether oxygens (including phenoxy) is 11. The van der Waals surface area contributed by atoms with Gasteiger partial charge in [-0.2, -0.15) is 0 Å². The molecule has 0 aromatic heterocycles. The molecule has 0 saturated heterocycles. The molecule has 14 nitrogen and oxygen atoms in total. The standard InChI is InChI=1S/C44H86O14/c1-2-3-4-5-6-7-8-9-10-11-12-13-14-15-16-19-22-48-23-24-49-25-26-50-27-28-51-29-30-52-31-32-53-33-34-54-35-36-55-37-38-56-39-40-57-41-42-58-44(47)21-18-17-20-43(45)46/h2-42H2,1H3,(H,45,46). The van der Waals surface area contributed by atoms with E-state index in [9.17, 15) is 9.59 Å². The Hall–Kier alpha value is -1.46. The molecule has 0 fully saturated rings. The van der Waals surface area contributed by atoms with Crippen LogP contribution in [0.25, 0.3) is 0 Å². The molecule has 0 aliphatic rings. The molecule has 0 aromatic rings. The van der Waals surface area contributed by atoms with Gasteiger partial charge >= 0.3 is 11.9 Å². The number of hydrogen-bond acceptors (Lipinski definition) is 13. The van der Waals surface area contributed by atoms with Crippen molar-refractivity contribution in [2.24, 2.45) is 0 Å². The Balaban J connectivity index is 3.09. The number of esters is 1. The molecule has 14 heteroatoms. The minimum absolute atomic E-state index is 0.0621. The van der Waals surface area contributed by atoms with Gasteiger partial charge in [-0.05, 0) is 19.3 Å². The highest BCUT2D eigenvalue weighted by Crippen LogP contribution is 2.13. The highest BCUT2D eigenvalue weighted by atomic mass is 16.6. The average molecular weight is 839 g/mol. The first-order chi connectivity index (χ1) is 28.7. The first kappa shape index (κ1) is 56.5. The van der Waals surface area contributed by atoms with E-state index < -0.39 is 5.97 Å². The van der Waals surface area contributed by atoms with Crippen LogP contribution in [0.5, 0.6) is 0 Å². The van der Waals surface area contributed by atoms with Crippen LogP contribution in [0.3, 0.4) is 0 Å². The second-order valence-corrected chi connectivity index (χ2v) is 14.2. The van der Waals surface area contributed by atoms with Gasteiger partial charge in [0.05, 0.1) is 126 Å². The number of carbonyl (C=O) groups is 2. The van der Waals surface area contributed by atoms with Crippen LogP contribution in [0.15, 0.2) is 0 Å². The first-order valence-electron chi connectivity index (χ1n) is 22.8. The van der Waals surface area contributed by atoms with E-state index in [0.717, 1.165) is 13.0 Å². The second kappa shape index (κ2) is 51.7. The van der Waals surface area contributed by atoms with E-state index in [1.165, 1.54) is 96.3 Å². The number of carboxylic acids is 1. The minimum atomic E-state index is -0.860. The van der Waals surface area contributed by atoms with Gasteiger partial charge in [-0.3, -0.25) is 9.59 Å². The molecule has 346 valence electrons. The van der Waals surface area contributed by atoms with Gasteiger partial charge in [-0.1, -0.05) is 103 Å². The van der Waals surface area contributed by atoms with Crippen LogP contribution in [-0.4, -0.2) is 156 Å². The van der Waals surface area contributed by atoms with Crippen molar-refractivity contribution in [1.82, 2.24) is 0 Å².